The molecule has 1 heterocycles. The van der Waals surface area contributed by atoms with Gasteiger partial charge in [0, 0.05) is 29.4 Å². The van der Waals surface area contributed by atoms with Crippen LogP contribution in [0.1, 0.15) is 6.92 Å². The number of halogens is 2. The maximum absolute atomic E-state index is 12.2. The highest BCUT2D eigenvalue weighted by atomic mass is 35.5. The zero-order valence-corrected chi connectivity index (χ0v) is 18.3. The summed E-state index contributed by atoms with van der Waals surface area (Å²) in [5.41, 5.74) is 1.58. The summed E-state index contributed by atoms with van der Waals surface area (Å²) in [5, 5.41) is 13.1. The minimum absolute atomic E-state index is 0.0662. The predicted molar refractivity (Wildman–Crippen MR) is 117 cm³/mol. The van der Waals surface area contributed by atoms with Crippen LogP contribution in [0.25, 0.3) is 17.1 Å². The first-order valence-electron chi connectivity index (χ1n) is 8.87. The number of carbonyl (C=O) groups is 1. The zero-order chi connectivity index (χ0) is 20.8. The summed E-state index contributed by atoms with van der Waals surface area (Å²) in [7, 11) is 1.60. The molecule has 1 N–H and O–H groups in total. The highest BCUT2D eigenvalue weighted by Crippen LogP contribution is 2.33. The molecule has 0 fully saturated rings. The monoisotopic (exact) mass is 450 g/mol. The van der Waals surface area contributed by atoms with Gasteiger partial charge >= 0.3 is 0 Å². The van der Waals surface area contributed by atoms with E-state index >= 15 is 0 Å². The van der Waals surface area contributed by atoms with Crippen molar-refractivity contribution in [2.45, 2.75) is 18.1 Å². The third-order valence-corrected chi connectivity index (χ3v) is 5.45. The molecule has 3 aromatic rings. The van der Waals surface area contributed by atoms with Gasteiger partial charge in [-0.1, -0.05) is 53.2 Å². The number of carbonyl (C=O) groups excluding carboxylic acids is 1. The number of benzene rings is 2. The lowest BCUT2D eigenvalue weighted by Crippen LogP contribution is -2.36. The number of hydrogen-bond donors (Lipinski definition) is 1. The van der Waals surface area contributed by atoms with Crippen molar-refractivity contribution in [2.24, 2.45) is 0 Å². The van der Waals surface area contributed by atoms with Crippen LogP contribution in [0.15, 0.2) is 53.7 Å². The van der Waals surface area contributed by atoms with Crippen molar-refractivity contribution in [2.75, 3.05) is 19.5 Å². The molecule has 29 heavy (non-hydrogen) atoms. The first-order chi connectivity index (χ1) is 14.0. The largest absolute Gasteiger partial charge is 0.383 e. The van der Waals surface area contributed by atoms with Gasteiger partial charge in [-0.15, -0.1) is 10.2 Å². The molecule has 0 aliphatic carbocycles. The minimum Gasteiger partial charge on any atom is -0.383 e. The van der Waals surface area contributed by atoms with E-state index in [2.05, 4.69) is 15.5 Å². The van der Waals surface area contributed by atoms with Gasteiger partial charge in [-0.05, 0) is 37.3 Å². The number of methoxy groups -OCH3 is 1. The van der Waals surface area contributed by atoms with E-state index in [1.54, 1.807) is 19.2 Å². The van der Waals surface area contributed by atoms with Crippen molar-refractivity contribution in [1.29, 1.82) is 0 Å². The Labute approximate surface area is 183 Å². The number of aromatic nitrogens is 3. The van der Waals surface area contributed by atoms with E-state index < -0.39 is 0 Å². The Morgan fingerprint density at radius 2 is 1.97 bits per heavy atom. The zero-order valence-electron chi connectivity index (χ0n) is 15.9. The first-order valence-corrected chi connectivity index (χ1v) is 10.6. The number of hydrogen-bond acceptors (Lipinski definition) is 5. The summed E-state index contributed by atoms with van der Waals surface area (Å²) >= 11 is 13.7. The van der Waals surface area contributed by atoms with Gasteiger partial charge in [0.25, 0.3) is 0 Å². The van der Waals surface area contributed by atoms with Gasteiger partial charge in [0.1, 0.15) is 0 Å². The Morgan fingerprint density at radius 3 is 2.66 bits per heavy atom. The molecule has 152 valence electrons. The Kier molecular flexibility index (Phi) is 7.55. The smallest absolute Gasteiger partial charge is 0.230 e. The summed E-state index contributed by atoms with van der Waals surface area (Å²) in [6.45, 7) is 2.34. The van der Waals surface area contributed by atoms with E-state index in [1.807, 2.05) is 47.9 Å². The van der Waals surface area contributed by atoms with Crippen LogP contribution in [0, 0.1) is 0 Å². The van der Waals surface area contributed by atoms with Gasteiger partial charge in [0.15, 0.2) is 11.0 Å². The second kappa shape index (κ2) is 10.1. The number of thioether (sulfide) groups is 1. The number of nitrogens with zero attached hydrogens (tertiary/aromatic N) is 3. The fourth-order valence-electron chi connectivity index (χ4n) is 2.76. The van der Waals surface area contributed by atoms with Crippen LogP contribution in [0.3, 0.4) is 0 Å². The standard InChI is InChI=1S/C20H20Cl2N4O2S/c1-13(11-28-2)23-18(27)12-29-20-25-24-19(16-9-8-14(21)10-17(16)22)26(20)15-6-4-3-5-7-15/h3-10,13H,11-12H2,1-2H3,(H,23,27). The molecule has 1 aromatic heterocycles. The summed E-state index contributed by atoms with van der Waals surface area (Å²) in [4.78, 5) is 12.2. The molecule has 0 radical (unpaired) electrons. The van der Waals surface area contributed by atoms with Crippen molar-refractivity contribution in [1.82, 2.24) is 20.1 Å². The Bertz CT molecular complexity index is 982. The second-order valence-corrected chi connectivity index (χ2v) is 8.10. The molecule has 0 bridgehead atoms. The molecule has 0 saturated heterocycles. The maximum atomic E-state index is 12.2. The second-order valence-electron chi connectivity index (χ2n) is 6.31. The van der Waals surface area contributed by atoms with Crippen molar-refractivity contribution in [3.05, 3.63) is 58.6 Å². The van der Waals surface area contributed by atoms with Crippen LogP contribution in [-0.2, 0) is 9.53 Å². The number of nitrogens with one attached hydrogen (secondary N) is 1. The van der Waals surface area contributed by atoms with Gasteiger partial charge in [0.05, 0.1) is 17.4 Å². The Balaban J connectivity index is 1.90. The lowest BCUT2D eigenvalue weighted by Gasteiger charge is -2.13. The average Bonchev–Trinajstić information content (AvgIpc) is 3.11. The topological polar surface area (TPSA) is 69.0 Å². The van der Waals surface area contributed by atoms with E-state index in [0.717, 1.165) is 5.69 Å². The van der Waals surface area contributed by atoms with Crippen LogP contribution in [-0.4, -0.2) is 46.2 Å². The molecule has 1 amide bonds. The third kappa shape index (κ3) is 5.51. The number of amides is 1. The molecule has 6 nitrogen and oxygen atoms in total. The SMILES string of the molecule is COCC(C)NC(=O)CSc1nnc(-c2ccc(Cl)cc2Cl)n1-c1ccccc1. The van der Waals surface area contributed by atoms with Crippen molar-refractivity contribution in [3.63, 3.8) is 0 Å². The average molecular weight is 451 g/mol. The van der Waals surface area contributed by atoms with Crippen LogP contribution < -0.4 is 5.32 Å². The highest BCUT2D eigenvalue weighted by Gasteiger charge is 2.19. The quantitative estimate of drug-likeness (QED) is 0.512. The first kappa shape index (κ1) is 21.6. The lowest BCUT2D eigenvalue weighted by atomic mass is 10.2. The van der Waals surface area contributed by atoms with E-state index in [-0.39, 0.29) is 17.7 Å². The predicted octanol–water partition coefficient (Wildman–Crippen LogP) is 4.48. The number of ether oxygens (including phenoxy) is 1. The minimum atomic E-state index is -0.103. The van der Waals surface area contributed by atoms with Crippen molar-refractivity contribution >= 4 is 40.9 Å². The normalized spacial score (nSPS) is 12.0. The van der Waals surface area contributed by atoms with Crippen LogP contribution in [0.2, 0.25) is 10.0 Å². The summed E-state index contributed by atoms with van der Waals surface area (Å²) in [5.74, 6) is 0.676. The summed E-state index contributed by atoms with van der Waals surface area (Å²) < 4.78 is 6.93. The van der Waals surface area contributed by atoms with Gasteiger partial charge in [-0.2, -0.15) is 0 Å². The van der Waals surface area contributed by atoms with E-state index in [4.69, 9.17) is 27.9 Å². The third-order valence-electron chi connectivity index (χ3n) is 3.98. The van der Waals surface area contributed by atoms with Crippen LogP contribution in [0.4, 0.5) is 0 Å². The molecule has 0 aliphatic heterocycles. The molecule has 0 aliphatic rings. The lowest BCUT2D eigenvalue weighted by molar-refractivity contribution is -0.119. The van der Waals surface area contributed by atoms with E-state index in [1.165, 1.54) is 11.8 Å². The number of para-hydroxylation sites is 1. The molecule has 3 rings (SSSR count). The molecular formula is C20H20Cl2N4O2S. The van der Waals surface area contributed by atoms with E-state index in [9.17, 15) is 4.79 Å². The number of rotatable bonds is 8. The molecule has 1 atom stereocenters. The molecule has 2 aromatic carbocycles. The van der Waals surface area contributed by atoms with Gasteiger partial charge in [-0.25, -0.2) is 0 Å². The Hall–Kier alpha value is -2.06. The van der Waals surface area contributed by atoms with Crippen LogP contribution in [0.5, 0.6) is 0 Å². The molecule has 9 heteroatoms. The molecule has 0 saturated carbocycles. The Morgan fingerprint density at radius 1 is 1.21 bits per heavy atom. The molecule has 1 unspecified atom stereocenters. The fraction of sp³-hybridized carbons (Fsp3) is 0.250. The van der Waals surface area contributed by atoms with Crippen molar-refractivity contribution < 1.29 is 9.53 Å². The summed E-state index contributed by atoms with van der Waals surface area (Å²) in [6, 6.07) is 14.8. The summed E-state index contributed by atoms with van der Waals surface area (Å²) in [6.07, 6.45) is 0. The highest BCUT2D eigenvalue weighted by molar-refractivity contribution is 7.99. The van der Waals surface area contributed by atoms with E-state index in [0.29, 0.717) is 33.2 Å². The van der Waals surface area contributed by atoms with Crippen molar-refractivity contribution in [3.8, 4) is 17.1 Å². The maximum Gasteiger partial charge on any atom is 0.230 e. The fourth-order valence-corrected chi connectivity index (χ4v) is 4.01. The van der Waals surface area contributed by atoms with Crippen LogP contribution >= 0.6 is 35.0 Å². The van der Waals surface area contributed by atoms with Gasteiger partial charge in [-0.3, -0.25) is 9.36 Å². The molecule has 0 spiro atoms. The van der Waals surface area contributed by atoms with Gasteiger partial charge < -0.3 is 10.1 Å². The molecular weight excluding hydrogens is 431 g/mol. The van der Waals surface area contributed by atoms with Gasteiger partial charge in [0.2, 0.25) is 5.91 Å².